The number of morpholine rings is 1. The number of thiazole rings is 1. The highest BCUT2D eigenvalue weighted by Gasteiger charge is 2.49. The number of anilines is 1. The van der Waals surface area contributed by atoms with Crippen molar-refractivity contribution in [2.24, 2.45) is 0 Å². The van der Waals surface area contributed by atoms with Crippen molar-refractivity contribution in [3.8, 4) is 10.8 Å². The minimum Gasteiger partial charge on any atom is -0.414 e. The second-order valence-corrected chi connectivity index (χ2v) is 8.00. The Kier molecular flexibility index (Phi) is 4.38. The van der Waals surface area contributed by atoms with Crippen LogP contribution in [-0.4, -0.2) is 82.5 Å². The molecule has 12 heteroatoms. The topological polar surface area (TPSA) is 87.8 Å². The number of rotatable bonds is 3. The quantitative estimate of drug-likeness (QED) is 0.760. The molecule has 28 heavy (non-hydrogen) atoms. The Morgan fingerprint density at radius 3 is 2.64 bits per heavy atom. The van der Waals surface area contributed by atoms with Gasteiger partial charge in [0.05, 0.1) is 31.5 Å². The fraction of sp³-hybridized carbons (Fsp3) is 0.625. The van der Waals surface area contributed by atoms with Crippen molar-refractivity contribution >= 4 is 22.5 Å². The summed E-state index contributed by atoms with van der Waals surface area (Å²) in [5.74, 6) is -0.647. The molecule has 2 unspecified atom stereocenters. The Labute approximate surface area is 162 Å². The fourth-order valence-corrected chi connectivity index (χ4v) is 4.78. The number of nitrogens with zero attached hydrogens (tertiary/aromatic N) is 6. The molecule has 4 fully saturated rings. The van der Waals surface area contributed by atoms with E-state index in [0.29, 0.717) is 44.3 Å². The first-order valence-corrected chi connectivity index (χ1v) is 9.89. The van der Waals surface area contributed by atoms with E-state index >= 15 is 0 Å². The number of amides is 2. The van der Waals surface area contributed by atoms with Crippen molar-refractivity contribution in [1.82, 2.24) is 25.0 Å². The average molecular weight is 412 g/mol. The summed E-state index contributed by atoms with van der Waals surface area (Å²) in [6, 6.07) is 0.417. The van der Waals surface area contributed by atoms with E-state index in [-0.39, 0.29) is 24.0 Å². The number of carbonyl (C=O) groups excluding carboxylic acids is 1. The van der Waals surface area contributed by atoms with Gasteiger partial charge in [0.1, 0.15) is 4.88 Å². The summed E-state index contributed by atoms with van der Waals surface area (Å²) in [6.45, 7) is 3.85. The van der Waals surface area contributed by atoms with Crippen molar-refractivity contribution in [3.05, 3.63) is 12.1 Å². The summed E-state index contributed by atoms with van der Waals surface area (Å²) < 4.78 is 35.5. The van der Waals surface area contributed by atoms with Crippen LogP contribution in [0.15, 0.2) is 10.6 Å². The number of piperidine rings is 1. The Balaban J connectivity index is 1.25. The molecule has 0 aliphatic carbocycles. The number of ether oxygens (including phenoxy) is 1. The molecule has 4 aliphatic rings. The number of halogens is 2. The van der Waals surface area contributed by atoms with Gasteiger partial charge in [0.25, 0.3) is 11.8 Å². The Hall–Kier alpha value is -2.34. The van der Waals surface area contributed by atoms with E-state index < -0.39 is 12.3 Å². The molecule has 0 radical (unpaired) electrons. The first-order chi connectivity index (χ1) is 13.6. The maximum absolute atomic E-state index is 12.8. The molecule has 4 aliphatic heterocycles. The summed E-state index contributed by atoms with van der Waals surface area (Å²) in [5.41, 5.74) is 0. The summed E-state index contributed by atoms with van der Waals surface area (Å²) >= 11 is 1.32. The van der Waals surface area contributed by atoms with Crippen LogP contribution in [0.1, 0.15) is 18.7 Å². The molecular weight excluding hydrogens is 394 g/mol. The van der Waals surface area contributed by atoms with Gasteiger partial charge in [-0.05, 0) is 6.42 Å². The van der Waals surface area contributed by atoms with Gasteiger partial charge < -0.3 is 23.9 Å². The van der Waals surface area contributed by atoms with Crippen LogP contribution in [0.3, 0.4) is 0 Å². The largest absolute Gasteiger partial charge is 0.414 e. The minimum absolute atomic E-state index is 0.0466. The predicted molar refractivity (Wildman–Crippen MR) is 94.4 cm³/mol. The maximum Gasteiger partial charge on any atom is 0.320 e. The van der Waals surface area contributed by atoms with Gasteiger partial charge in [0.2, 0.25) is 0 Å². The van der Waals surface area contributed by atoms with E-state index in [9.17, 15) is 13.6 Å². The summed E-state index contributed by atoms with van der Waals surface area (Å²) in [4.78, 5) is 23.7. The molecule has 0 aromatic carbocycles. The number of urea groups is 1. The van der Waals surface area contributed by atoms with Crippen LogP contribution >= 0.6 is 11.3 Å². The van der Waals surface area contributed by atoms with E-state index in [4.69, 9.17) is 9.15 Å². The van der Waals surface area contributed by atoms with Gasteiger partial charge in [0, 0.05) is 26.2 Å². The highest BCUT2D eigenvalue weighted by atomic mass is 32.1. The molecule has 0 saturated carbocycles. The zero-order chi connectivity index (χ0) is 19.3. The second-order valence-electron chi connectivity index (χ2n) is 6.99. The standard InChI is InChI=1S/C16H18F2N6O3S/c17-12(18)14-21-20-13(27-14)11-6-19-15(28-11)23-7-9-5-10(8-23)24(9)16(25)22-1-3-26-4-2-22/h6,9-10,12H,1-5,7-8H2. The van der Waals surface area contributed by atoms with Crippen molar-refractivity contribution < 1.29 is 22.7 Å². The monoisotopic (exact) mass is 412 g/mol. The summed E-state index contributed by atoms with van der Waals surface area (Å²) in [5, 5.41) is 7.77. The fourth-order valence-electron chi connectivity index (χ4n) is 3.93. The van der Waals surface area contributed by atoms with Crippen molar-refractivity contribution in [1.29, 1.82) is 0 Å². The van der Waals surface area contributed by atoms with E-state index in [2.05, 4.69) is 20.1 Å². The van der Waals surface area contributed by atoms with Crippen LogP contribution in [0, 0.1) is 0 Å². The van der Waals surface area contributed by atoms with Crippen LogP contribution in [0.4, 0.5) is 18.7 Å². The first-order valence-electron chi connectivity index (χ1n) is 9.08. The molecule has 4 saturated heterocycles. The number of hydrogen-bond donors (Lipinski definition) is 0. The number of carbonyl (C=O) groups is 1. The normalized spacial score (nSPS) is 24.6. The SMILES string of the molecule is O=C(N1CCOCC1)N1C2CC1CN(c1ncc(-c3nnc(C(F)F)o3)s1)C2. The number of piperazine rings is 1. The van der Waals surface area contributed by atoms with E-state index in [0.717, 1.165) is 11.6 Å². The Morgan fingerprint density at radius 1 is 1.21 bits per heavy atom. The van der Waals surface area contributed by atoms with Gasteiger partial charge >= 0.3 is 12.5 Å². The van der Waals surface area contributed by atoms with Crippen LogP contribution in [0.5, 0.6) is 0 Å². The molecule has 0 spiro atoms. The zero-order valence-electron chi connectivity index (χ0n) is 14.8. The van der Waals surface area contributed by atoms with Gasteiger partial charge in [0.15, 0.2) is 5.13 Å². The molecule has 9 nitrogen and oxygen atoms in total. The molecule has 150 valence electrons. The lowest BCUT2D eigenvalue weighted by Gasteiger charge is -2.57. The lowest BCUT2D eigenvalue weighted by molar-refractivity contribution is -0.00493. The third-order valence-corrected chi connectivity index (χ3v) is 6.34. The van der Waals surface area contributed by atoms with E-state index in [1.54, 1.807) is 6.20 Å². The van der Waals surface area contributed by atoms with E-state index in [1.165, 1.54) is 11.3 Å². The number of alkyl halides is 2. The number of fused-ring (bicyclic) bond motifs is 2. The highest BCUT2D eigenvalue weighted by molar-refractivity contribution is 7.18. The lowest BCUT2D eigenvalue weighted by atomic mass is 9.88. The molecule has 2 atom stereocenters. The molecule has 0 N–H and O–H groups in total. The van der Waals surface area contributed by atoms with Crippen LogP contribution < -0.4 is 4.90 Å². The average Bonchev–Trinajstić information content (AvgIpc) is 3.38. The third-order valence-electron chi connectivity index (χ3n) is 5.30. The van der Waals surface area contributed by atoms with E-state index in [1.807, 2.05) is 9.80 Å². The third kappa shape index (κ3) is 3.00. The molecule has 2 bridgehead atoms. The lowest BCUT2D eigenvalue weighted by Crippen LogP contribution is -2.72. The summed E-state index contributed by atoms with van der Waals surface area (Å²) in [7, 11) is 0. The predicted octanol–water partition coefficient (Wildman–Crippen LogP) is 1.85. The van der Waals surface area contributed by atoms with Gasteiger partial charge in [-0.2, -0.15) is 8.78 Å². The minimum atomic E-state index is -2.79. The summed E-state index contributed by atoms with van der Waals surface area (Å²) in [6.07, 6.45) is -0.246. The molecule has 2 amide bonds. The van der Waals surface area contributed by atoms with Crippen LogP contribution in [0.25, 0.3) is 10.8 Å². The van der Waals surface area contributed by atoms with Gasteiger partial charge in [-0.3, -0.25) is 0 Å². The van der Waals surface area contributed by atoms with Crippen molar-refractivity contribution in [3.63, 3.8) is 0 Å². The maximum atomic E-state index is 12.8. The molecule has 2 aromatic rings. The first kappa shape index (κ1) is 17.7. The number of hydrogen-bond acceptors (Lipinski definition) is 8. The van der Waals surface area contributed by atoms with Gasteiger partial charge in [-0.15, -0.1) is 10.2 Å². The molecular formula is C16H18F2N6O3S. The van der Waals surface area contributed by atoms with Gasteiger partial charge in [-0.25, -0.2) is 9.78 Å². The van der Waals surface area contributed by atoms with Crippen molar-refractivity contribution in [2.45, 2.75) is 24.9 Å². The smallest absolute Gasteiger partial charge is 0.320 e. The number of aromatic nitrogens is 3. The van der Waals surface area contributed by atoms with Crippen LogP contribution in [0.2, 0.25) is 0 Å². The van der Waals surface area contributed by atoms with Crippen LogP contribution in [-0.2, 0) is 4.74 Å². The Morgan fingerprint density at radius 2 is 1.96 bits per heavy atom. The van der Waals surface area contributed by atoms with Crippen molar-refractivity contribution in [2.75, 3.05) is 44.3 Å². The Bertz CT molecular complexity index is 858. The second kappa shape index (κ2) is 6.92. The molecule has 2 aromatic heterocycles. The zero-order valence-corrected chi connectivity index (χ0v) is 15.6. The molecule has 6 rings (SSSR count). The van der Waals surface area contributed by atoms with Gasteiger partial charge in [-0.1, -0.05) is 11.3 Å². The highest BCUT2D eigenvalue weighted by Crippen LogP contribution is 2.38. The molecule has 6 heterocycles.